The minimum atomic E-state index is 0.255. The minimum Gasteiger partial charge on any atom is -0.299 e. The lowest BCUT2D eigenvalue weighted by molar-refractivity contribution is -0.125. The van der Waals surface area contributed by atoms with Crippen molar-refractivity contribution in [3.63, 3.8) is 0 Å². The first kappa shape index (κ1) is 15.1. The van der Waals surface area contributed by atoms with Gasteiger partial charge in [-0.3, -0.25) is 4.79 Å². The first-order valence-electron chi connectivity index (χ1n) is 8.81. The van der Waals surface area contributed by atoms with Gasteiger partial charge in [-0.05, 0) is 62.7 Å². The topological polar surface area (TPSA) is 17.1 Å². The van der Waals surface area contributed by atoms with Crippen molar-refractivity contribution in [3.05, 3.63) is 22.8 Å². The van der Waals surface area contributed by atoms with Crippen LogP contribution in [0.3, 0.4) is 0 Å². The summed E-state index contributed by atoms with van der Waals surface area (Å²) in [7, 11) is 0. The Morgan fingerprint density at radius 2 is 1.76 bits per heavy atom. The summed E-state index contributed by atoms with van der Waals surface area (Å²) in [5.74, 6) is 3.82. The van der Waals surface area contributed by atoms with E-state index in [1.165, 1.54) is 24.8 Å². The van der Waals surface area contributed by atoms with Crippen molar-refractivity contribution in [1.29, 1.82) is 0 Å². The smallest absolute Gasteiger partial charge is 0.140 e. The molecule has 3 rings (SSSR count). The second-order valence-corrected chi connectivity index (χ2v) is 8.18. The van der Waals surface area contributed by atoms with E-state index in [9.17, 15) is 4.79 Å². The van der Waals surface area contributed by atoms with E-state index in [-0.39, 0.29) is 5.92 Å². The maximum atomic E-state index is 12.7. The van der Waals surface area contributed by atoms with Crippen LogP contribution in [0.15, 0.2) is 22.8 Å². The molecular formula is C20H30O. The van der Waals surface area contributed by atoms with E-state index in [1.807, 2.05) is 0 Å². The largest absolute Gasteiger partial charge is 0.299 e. The molecule has 116 valence electrons. The zero-order chi connectivity index (χ0) is 15.3. The summed E-state index contributed by atoms with van der Waals surface area (Å²) < 4.78 is 0. The van der Waals surface area contributed by atoms with Crippen molar-refractivity contribution in [3.8, 4) is 0 Å². The second-order valence-electron chi connectivity index (χ2n) is 8.18. The second kappa shape index (κ2) is 5.41. The molecule has 0 aliphatic heterocycles. The van der Waals surface area contributed by atoms with E-state index in [2.05, 4.69) is 40.7 Å². The summed E-state index contributed by atoms with van der Waals surface area (Å²) in [4.78, 5) is 12.7. The van der Waals surface area contributed by atoms with Gasteiger partial charge >= 0.3 is 0 Å². The van der Waals surface area contributed by atoms with Crippen LogP contribution < -0.4 is 0 Å². The molecule has 0 aromatic carbocycles. The molecule has 0 heterocycles. The maximum absolute atomic E-state index is 12.7. The summed E-state index contributed by atoms with van der Waals surface area (Å²) in [6.07, 6.45) is 7.08. The Hall–Kier alpha value is -0.850. The van der Waals surface area contributed by atoms with Gasteiger partial charge in [0.25, 0.3) is 0 Å². The molecule has 0 amide bonds. The molecule has 3 aliphatic carbocycles. The number of carbonyl (C=O) groups excluding carboxylic acids is 1. The lowest BCUT2D eigenvalue weighted by Crippen LogP contribution is -2.43. The van der Waals surface area contributed by atoms with Crippen LogP contribution in [-0.4, -0.2) is 5.78 Å². The highest BCUT2D eigenvalue weighted by atomic mass is 16.1. The Kier molecular flexibility index (Phi) is 3.88. The van der Waals surface area contributed by atoms with Crippen LogP contribution in [-0.2, 0) is 4.79 Å². The Balaban J connectivity index is 2.14. The van der Waals surface area contributed by atoms with Gasteiger partial charge in [0, 0.05) is 12.3 Å². The van der Waals surface area contributed by atoms with Crippen molar-refractivity contribution in [2.24, 2.45) is 35.5 Å². The number of allylic oxidation sites excluding steroid dienone is 4. The molecule has 0 aromatic rings. The molecule has 6 atom stereocenters. The van der Waals surface area contributed by atoms with Crippen LogP contribution in [0, 0.1) is 35.5 Å². The van der Waals surface area contributed by atoms with Crippen molar-refractivity contribution < 1.29 is 4.79 Å². The molecule has 1 nitrogen and oxygen atoms in total. The number of rotatable bonds is 1. The minimum absolute atomic E-state index is 0.255. The molecule has 0 bridgehead atoms. The Bertz CT molecular complexity index is 506. The predicted molar refractivity (Wildman–Crippen MR) is 87.9 cm³/mol. The Morgan fingerprint density at radius 3 is 2.43 bits per heavy atom. The lowest BCUT2D eigenvalue weighted by atomic mass is 9.54. The highest BCUT2D eigenvalue weighted by Gasteiger charge is 2.47. The van der Waals surface area contributed by atoms with Gasteiger partial charge < -0.3 is 0 Å². The van der Waals surface area contributed by atoms with Crippen LogP contribution in [0.25, 0.3) is 0 Å². The molecule has 0 aromatic heterocycles. The zero-order valence-electron chi connectivity index (χ0n) is 14.3. The summed E-state index contributed by atoms with van der Waals surface area (Å²) in [6, 6.07) is 0. The highest BCUT2D eigenvalue weighted by Crippen LogP contribution is 2.55. The van der Waals surface area contributed by atoms with E-state index in [0.717, 1.165) is 12.3 Å². The van der Waals surface area contributed by atoms with Crippen LogP contribution in [0.1, 0.15) is 60.3 Å². The molecule has 1 heteroatoms. The number of carbonyl (C=O) groups is 1. The SMILES string of the molecule is CC(C)=C[C@H]1C[C@@H](C)[C@@H]2CC[C@@H](C)[C@@H]3C(=O)C[C@@H](C)C1=C32. The maximum Gasteiger partial charge on any atom is 0.140 e. The average Bonchev–Trinajstić information content (AvgIpc) is 2.36. The Labute approximate surface area is 129 Å². The summed E-state index contributed by atoms with van der Waals surface area (Å²) in [5.41, 5.74) is 4.68. The van der Waals surface area contributed by atoms with E-state index >= 15 is 0 Å². The normalized spacial score (nSPS) is 42.6. The monoisotopic (exact) mass is 286 g/mol. The van der Waals surface area contributed by atoms with E-state index in [4.69, 9.17) is 0 Å². The summed E-state index contributed by atoms with van der Waals surface area (Å²) in [6.45, 7) is 11.4. The van der Waals surface area contributed by atoms with Crippen molar-refractivity contribution >= 4 is 5.78 Å². The van der Waals surface area contributed by atoms with Gasteiger partial charge in [0.05, 0.1) is 0 Å². The quantitative estimate of drug-likeness (QED) is 0.607. The predicted octanol–water partition coefficient (Wildman–Crippen LogP) is 5.18. The molecule has 21 heavy (non-hydrogen) atoms. The number of Topliss-reactive ketones (excluding diaryl/α,β-unsaturated/α-hetero) is 1. The molecular weight excluding hydrogens is 256 g/mol. The van der Waals surface area contributed by atoms with Gasteiger partial charge in [-0.2, -0.15) is 0 Å². The molecule has 1 saturated carbocycles. The molecule has 0 unspecified atom stereocenters. The van der Waals surface area contributed by atoms with Crippen molar-refractivity contribution in [2.45, 2.75) is 60.3 Å². The van der Waals surface area contributed by atoms with Gasteiger partial charge in [-0.25, -0.2) is 0 Å². The van der Waals surface area contributed by atoms with Crippen LogP contribution in [0.5, 0.6) is 0 Å². The third-order valence-corrected chi connectivity index (χ3v) is 6.20. The Morgan fingerprint density at radius 1 is 1.05 bits per heavy atom. The molecule has 0 spiro atoms. The highest BCUT2D eigenvalue weighted by molar-refractivity contribution is 5.87. The van der Waals surface area contributed by atoms with Crippen molar-refractivity contribution in [1.82, 2.24) is 0 Å². The number of hydrogen-bond donors (Lipinski definition) is 0. The van der Waals surface area contributed by atoms with E-state index in [0.29, 0.717) is 29.5 Å². The van der Waals surface area contributed by atoms with Crippen LogP contribution in [0.4, 0.5) is 0 Å². The van der Waals surface area contributed by atoms with Crippen LogP contribution in [0.2, 0.25) is 0 Å². The fourth-order valence-electron chi connectivity index (χ4n) is 5.43. The summed E-state index contributed by atoms with van der Waals surface area (Å²) >= 11 is 0. The average molecular weight is 286 g/mol. The molecule has 0 N–H and O–H groups in total. The lowest BCUT2D eigenvalue weighted by Gasteiger charge is -2.50. The van der Waals surface area contributed by atoms with E-state index in [1.54, 1.807) is 11.1 Å². The third-order valence-electron chi connectivity index (χ3n) is 6.20. The number of ketones is 1. The summed E-state index contributed by atoms with van der Waals surface area (Å²) in [5, 5.41) is 0. The van der Waals surface area contributed by atoms with Gasteiger partial charge in [0.2, 0.25) is 0 Å². The van der Waals surface area contributed by atoms with Gasteiger partial charge in [0.15, 0.2) is 0 Å². The molecule has 1 fully saturated rings. The van der Waals surface area contributed by atoms with Gasteiger partial charge in [0.1, 0.15) is 5.78 Å². The van der Waals surface area contributed by atoms with Gasteiger partial charge in [-0.15, -0.1) is 0 Å². The standard InChI is InChI=1S/C20H30O/c1-11(2)8-15-9-13(4)16-7-6-12(3)19-17(21)10-14(5)18(15)20(16)19/h8,12-16,19H,6-7,9-10H2,1-5H3/t12-,13-,14-,15+,16+,19-/m1/s1. The number of hydrogen-bond acceptors (Lipinski definition) is 1. The van der Waals surface area contributed by atoms with Gasteiger partial charge in [-0.1, -0.05) is 43.6 Å². The first-order valence-corrected chi connectivity index (χ1v) is 8.81. The van der Waals surface area contributed by atoms with Crippen LogP contribution >= 0.6 is 0 Å². The third kappa shape index (κ3) is 2.43. The van der Waals surface area contributed by atoms with E-state index < -0.39 is 0 Å². The molecule has 0 saturated heterocycles. The fraction of sp³-hybridized carbons (Fsp3) is 0.750. The zero-order valence-corrected chi connectivity index (χ0v) is 14.3. The van der Waals surface area contributed by atoms with Crippen molar-refractivity contribution in [2.75, 3.05) is 0 Å². The first-order chi connectivity index (χ1) is 9.90. The molecule has 3 aliphatic rings. The fourth-order valence-corrected chi connectivity index (χ4v) is 5.43. The molecule has 0 radical (unpaired) electrons.